The maximum Gasteiger partial charge on any atom is 0.261 e. The molecule has 0 atom stereocenters. The van der Waals surface area contributed by atoms with E-state index in [1.165, 1.54) is 4.31 Å². The van der Waals surface area contributed by atoms with Crippen LogP contribution in [0.15, 0.2) is 48.5 Å². The molecule has 9 heteroatoms. The quantitative estimate of drug-likeness (QED) is 0.675. The molecule has 0 spiro atoms. The zero-order valence-corrected chi connectivity index (χ0v) is 17.2. The fourth-order valence-electron chi connectivity index (χ4n) is 3.68. The van der Waals surface area contributed by atoms with E-state index in [1.54, 1.807) is 30.3 Å². The van der Waals surface area contributed by atoms with E-state index in [4.69, 9.17) is 11.6 Å². The molecule has 0 saturated carbocycles. The number of imide groups is 1. The Hall–Kier alpha value is -2.42. The van der Waals surface area contributed by atoms with Crippen molar-refractivity contribution >= 4 is 39.1 Å². The van der Waals surface area contributed by atoms with Crippen molar-refractivity contribution in [3.8, 4) is 0 Å². The number of amides is 2. The summed E-state index contributed by atoms with van der Waals surface area (Å²) in [7, 11) is -3.58. The highest BCUT2D eigenvalue weighted by Crippen LogP contribution is 2.24. The third kappa shape index (κ3) is 3.88. The standard InChI is InChI=1S/C20H20ClN3O4S/c21-15-4-3-5-16(14-15)22-8-10-23(11-9-22)29(27,28)13-12-24-19(25)17-6-1-2-7-18(17)20(24)26/h1-7,14H,8-13H2. The van der Waals surface area contributed by atoms with Gasteiger partial charge in [-0.1, -0.05) is 29.8 Å². The third-order valence-electron chi connectivity index (χ3n) is 5.26. The molecule has 2 aliphatic rings. The van der Waals surface area contributed by atoms with Crippen LogP contribution in [0.5, 0.6) is 0 Å². The summed E-state index contributed by atoms with van der Waals surface area (Å²) in [5.74, 6) is -1.16. The van der Waals surface area contributed by atoms with E-state index in [-0.39, 0.29) is 12.3 Å². The summed E-state index contributed by atoms with van der Waals surface area (Å²) in [6, 6.07) is 14.0. The Bertz CT molecular complexity index is 1030. The zero-order valence-electron chi connectivity index (χ0n) is 15.6. The van der Waals surface area contributed by atoms with Crippen molar-refractivity contribution in [2.75, 3.05) is 43.4 Å². The van der Waals surface area contributed by atoms with Crippen molar-refractivity contribution in [3.63, 3.8) is 0 Å². The number of fused-ring (bicyclic) bond motifs is 1. The Morgan fingerprint density at radius 3 is 2.07 bits per heavy atom. The van der Waals surface area contributed by atoms with Crippen LogP contribution in [0.1, 0.15) is 20.7 Å². The molecule has 1 saturated heterocycles. The van der Waals surface area contributed by atoms with Crippen LogP contribution in [0.25, 0.3) is 0 Å². The van der Waals surface area contributed by atoms with Crippen LogP contribution in [-0.2, 0) is 10.0 Å². The molecule has 1 fully saturated rings. The van der Waals surface area contributed by atoms with Gasteiger partial charge in [-0.15, -0.1) is 0 Å². The van der Waals surface area contributed by atoms with Gasteiger partial charge in [-0.3, -0.25) is 14.5 Å². The number of sulfonamides is 1. The fourth-order valence-corrected chi connectivity index (χ4v) is 5.25. The summed E-state index contributed by atoms with van der Waals surface area (Å²) in [6.07, 6.45) is 0. The van der Waals surface area contributed by atoms with Gasteiger partial charge in [0.05, 0.1) is 16.9 Å². The first-order valence-corrected chi connectivity index (χ1v) is 11.3. The Balaban J connectivity index is 1.37. The second-order valence-corrected chi connectivity index (χ2v) is 9.51. The van der Waals surface area contributed by atoms with Gasteiger partial charge in [-0.2, -0.15) is 4.31 Å². The minimum absolute atomic E-state index is 0.150. The summed E-state index contributed by atoms with van der Waals surface area (Å²) in [4.78, 5) is 27.9. The van der Waals surface area contributed by atoms with Gasteiger partial charge in [-0.05, 0) is 30.3 Å². The van der Waals surface area contributed by atoms with Crippen LogP contribution in [0.2, 0.25) is 5.02 Å². The van der Waals surface area contributed by atoms with Gasteiger partial charge in [0.1, 0.15) is 0 Å². The van der Waals surface area contributed by atoms with Crippen LogP contribution < -0.4 is 4.90 Å². The monoisotopic (exact) mass is 433 g/mol. The molecule has 29 heavy (non-hydrogen) atoms. The van der Waals surface area contributed by atoms with Gasteiger partial charge < -0.3 is 4.90 Å². The average molecular weight is 434 g/mol. The summed E-state index contributed by atoms with van der Waals surface area (Å²) >= 11 is 6.03. The molecule has 0 aromatic heterocycles. The van der Waals surface area contributed by atoms with E-state index in [0.717, 1.165) is 10.6 Å². The number of benzene rings is 2. The highest BCUT2D eigenvalue weighted by molar-refractivity contribution is 7.89. The van der Waals surface area contributed by atoms with Crippen molar-refractivity contribution in [3.05, 3.63) is 64.7 Å². The van der Waals surface area contributed by atoms with Crippen molar-refractivity contribution in [1.29, 1.82) is 0 Å². The molecular weight excluding hydrogens is 414 g/mol. The summed E-state index contributed by atoms with van der Waals surface area (Å²) in [6.45, 7) is 1.64. The molecule has 4 rings (SSSR count). The number of halogens is 1. The number of rotatable bonds is 5. The second-order valence-electron chi connectivity index (χ2n) is 6.99. The molecule has 0 unspecified atom stereocenters. The SMILES string of the molecule is O=C1c2ccccc2C(=O)N1CCS(=O)(=O)N1CCN(c2cccc(Cl)c2)CC1. The lowest BCUT2D eigenvalue weighted by Gasteiger charge is -2.35. The molecule has 0 radical (unpaired) electrons. The number of anilines is 1. The van der Waals surface area contributed by atoms with Gasteiger partial charge in [0.15, 0.2) is 0 Å². The van der Waals surface area contributed by atoms with Crippen molar-refractivity contribution < 1.29 is 18.0 Å². The Morgan fingerprint density at radius 2 is 1.48 bits per heavy atom. The van der Waals surface area contributed by atoms with Crippen LogP contribution in [-0.4, -0.2) is 67.9 Å². The molecule has 2 aromatic rings. The molecule has 2 heterocycles. The van der Waals surface area contributed by atoms with Crippen LogP contribution >= 0.6 is 11.6 Å². The molecule has 2 aliphatic heterocycles. The molecule has 152 valence electrons. The highest BCUT2D eigenvalue weighted by atomic mass is 35.5. The third-order valence-corrected chi connectivity index (χ3v) is 7.34. The van der Waals surface area contributed by atoms with E-state index < -0.39 is 21.8 Å². The fraction of sp³-hybridized carbons (Fsp3) is 0.300. The minimum Gasteiger partial charge on any atom is -0.369 e. The lowest BCUT2D eigenvalue weighted by atomic mass is 10.1. The second kappa shape index (κ2) is 7.78. The van der Waals surface area contributed by atoms with Crippen LogP contribution in [0, 0.1) is 0 Å². The minimum atomic E-state index is -3.58. The Morgan fingerprint density at radius 1 is 0.862 bits per heavy atom. The normalized spacial score (nSPS) is 17.7. The smallest absolute Gasteiger partial charge is 0.261 e. The maximum absolute atomic E-state index is 12.8. The van der Waals surface area contributed by atoms with Crippen LogP contribution in [0.4, 0.5) is 5.69 Å². The molecule has 2 amide bonds. The van der Waals surface area contributed by atoms with Gasteiger partial charge in [0.2, 0.25) is 10.0 Å². The van der Waals surface area contributed by atoms with Crippen molar-refractivity contribution in [2.24, 2.45) is 0 Å². The lowest BCUT2D eigenvalue weighted by Crippen LogP contribution is -2.50. The average Bonchev–Trinajstić information content (AvgIpc) is 2.97. The van der Waals surface area contributed by atoms with Gasteiger partial charge >= 0.3 is 0 Å². The molecule has 2 aromatic carbocycles. The predicted octanol–water partition coefficient (Wildman–Crippen LogP) is 2.09. The summed E-state index contributed by atoms with van der Waals surface area (Å²) < 4.78 is 26.9. The largest absolute Gasteiger partial charge is 0.369 e. The lowest BCUT2D eigenvalue weighted by molar-refractivity contribution is 0.0663. The first-order valence-electron chi connectivity index (χ1n) is 9.30. The zero-order chi connectivity index (χ0) is 20.6. The number of nitrogens with zero attached hydrogens (tertiary/aromatic N) is 3. The Kier molecular flexibility index (Phi) is 5.33. The van der Waals surface area contributed by atoms with Gasteiger partial charge in [0.25, 0.3) is 11.8 Å². The van der Waals surface area contributed by atoms with Gasteiger partial charge in [-0.25, -0.2) is 8.42 Å². The van der Waals surface area contributed by atoms with Gasteiger partial charge in [0, 0.05) is 43.4 Å². The van der Waals surface area contributed by atoms with E-state index in [1.807, 2.05) is 18.2 Å². The number of carbonyl (C=O) groups excluding carboxylic acids is 2. The molecule has 0 aliphatic carbocycles. The van der Waals surface area contributed by atoms with E-state index >= 15 is 0 Å². The van der Waals surface area contributed by atoms with E-state index in [0.29, 0.717) is 42.3 Å². The van der Waals surface area contributed by atoms with Crippen molar-refractivity contribution in [1.82, 2.24) is 9.21 Å². The van der Waals surface area contributed by atoms with Crippen LogP contribution in [0.3, 0.4) is 0 Å². The number of piperazine rings is 1. The molecule has 7 nitrogen and oxygen atoms in total. The van der Waals surface area contributed by atoms with E-state index in [9.17, 15) is 18.0 Å². The molecule has 0 bridgehead atoms. The highest BCUT2D eigenvalue weighted by Gasteiger charge is 2.36. The molecule has 0 N–H and O–H groups in total. The van der Waals surface area contributed by atoms with E-state index in [2.05, 4.69) is 4.90 Å². The topological polar surface area (TPSA) is 78.0 Å². The number of carbonyl (C=O) groups is 2. The predicted molar refractivity (Wildman–Crippen MR) is 111 cm³/mol. The first kappa shape index (κ1) is 19.9. The summed E-state index contributed by atoms with van der Waals surface area (Å²) in [5, 5.41) is 0.637. The maximum atomic E-state index is 12.8. The summed E-state index contributed by atoms with van der Waals surface area (Å²) in [5.41, 5.74) is 1.61. The molecular formula is C20H20ClN3O4S. The number of hydrogen-bond donors (Lipinski definition) is 0. The van der Waals surface area contributed by atoms with Crippen molar-refractivity contribution in [2.45, 2.75) is 0 Å². The Labute approximate surface area is 174 Å². The first-order chi connectivity index (χ1) is 13.9. The number of hydrogen-bond acceptors (Lipinski definition) is 5.